The van der Waals surface area contributed by atoms with Gasteiger partial charge in [0, 0.05) is 26.0 Å². The number of pyridine rings is 1. The minimum atomic E-state index is -0.347. The topological polar surface area (TPSA) is 127 Å². The Morgan fingerprint density at radius 1 is 1.36 bits per heavy atom. The molecule has 22 heavy (non-hydrogen) atoms. The number of ether oxygens (including phenoxy) is 1. The largest absolute Gasteiger partial charge is 0.393 e. The zero-order chi connectivity index (χ0) is 15.8. The van der Waals surface area contributed by atoms with Crippen LogP contribution in [0.5, 0.6) is 0 Å². The van der Waals surface area contributed by atoms with E-state index < -0.39 is 0 Å². The summed E-state index contributed by atoms with van der Waals surface area (Å²) in [6, 6.07) is 3.32. The Morgan fingerprint density at radius 3 is 2.91 bits per heavy atom. The number of nitrogen functional groups attached to an aromatic ring is 1. The van der Waals surface area contributed by atoms with Crippen LogP contribution in [-0.2, 0) is 4.74 Å². The molecule has 2 rings (SSSR count). The maximum Gasteiger partial charge on any atom is 0.271 e. The standard InChI is InChI=1S/C13H17N7O2/c1-22-6-5-16-11-10(14)12(18-8-17-11)19-20-13(21)9-3-2-4-15-7-9/h2-4,7-8H,5-6,14H2,1H3,(H,20,21)(H2,16,17,18,19). The van der Waals surface area contributed by atoms with E-state index in [2.05, 4.69) is 31.1 Å². The first-order chi connectivity index (χ1) is 10.7. The number of rotatable bonds is 7. The highest BCUT2D eigenvalue weighted by Crippen LogP contribution is 2.21. The van der Waals surface area contributed by atoms with Gasteiger partial charge in [0.15, 0.2) is 11.6 Å². The molecule has 0 spiro atoms. The molecule has 9 heteroatoms. The Kier molecular flexibility index (Phi) is 5.44. The van der Waals surface area contributed by atoms with Gasteiger partial charge in [-0.3, -0.25) is 20.6 Å². The zero-order valence-corrected chi connectivity index (χ0v) is 12.0. The van der Waals surface area contributed by atoms with Crippen LogP contribution >= 0.6 is 0 Å². The fraction of sp³-hybridized carbons (Fsp3) is 0.231. The van der Waals surface area contributed by atoms with Gasteiger partial charge in [-0.2, -0.15) is 0 Å². The molecule has 5 N–H and O–H groups in total. The number of amides is 1. The summed E-state index contributed by atoms with van der Waals surface area (Å²) in [6.45, 7) is 1.07. The van der Waals surface area contributed by atoms with E-state index in [1.807, 2.05) is 0 Å². The van der Waals surface area contributed by atoms with Crippen molar-refractivity contribution in [3.63, 3.8) is 0 Å². The summed E-state index contributed by atoms with van der Waals surface area (Å²) in [5.41, 5.74) is 11.8. The fourth-order valence-corrected chi connectivity index (χ4v) is 1.59. The number of nitrogens with zero attached hydrogens (tertiary/aromatic N) is 3. The number of aromatic nitrogens is 3. The van der Waals surface area contributed by atoms with Crippen LogP contribution in [0.2, 0.25) is 0 Å². The van der Waals surface area contributed by atoms with Crippen LogP contribution in [0.3, 0.4) is 0 Å². The van der Waals surface area contributed by atoms with E-state index in [-0.39, 0.29) is 5.91 Å². The Hall–Kier alpha value is -2.94. The second-order valence-corrected chi connectivity index (χ2v) is 4.22. The summed E-state index contributed by atoms with van der Waals surface area (Å²) < 4.78 is 4.94. The van der Waals surface area contributed by atoms with E-state index in [1.165, 1.54) is 12.5 Å². The second-order valence-electron chi connectivity index (χ2n) is 4.22. The van der Waals surface area contributed by atoms with Crippen molar-refractivity contribution in [2.45, 2.75) is 0 Å². The highest BCUT2D eigenvalue weighted by molar-refractivity contribution is 5.94. The number of carbonyl (C=O) groups is 1. The maximum absolute atomic E-state index is 11.9. The van der Waals surface area contributed by atoms with Crippen molar-refractivity contribution in [2.75, 3.05) is 36.7 Å². The minimum absolute atomic E-state index is 0.296. The van der Waals surface area contributed by atoms with Crippen LogP contribution < -0.4 is 21.9 Å². The zero-order valence-electron chi connectivity index (χ0n) is 12.0. The molecular weight excluding hydrogens is 286 g/mol. The second kappa shape index (κ2) is 7.74. The predicted molar refractivity (Wildman–Crippen MR) is 82.1 cm³/mol. The molecule has 0 unspecified atom stereocenters. The number of methoxy groups -OCH3 is 1. The third-order valence-corrected chi connectivity index (χ3v) is 2.70. The molecule has 0 saturated heterocycles. The number of hydrogen-bond acceptors (Lipinski definition) is 8. The van der Waals surface area contributed by atoms with Crippen LogP contribution in [0.25, 0.3) is 0 Å². The van der Waals surface area contributed by atoms with E-state index in [0.29, 0.717) is 36.0 Å². The van der Waals surface area contributed by atoms with E-state index in [0.717, 1.165) is 0 Å². The summed E-state index contributed by atoms with van der Waals surface area (Å²) in [5.74, 6) is 0.414. The van der Waals surface area contributed by atoms with Crippen molar-refractivity contribution < 1.29 is 9.53 Å². The van der Waals surface area contributed by atoms with E-state index in [4.69, 9.17) is 10.5 Å². The first-order valence-electron chi connectivity index (χ1n) is 6.52. The number of anilines is 3. The third-order valence-electron chi connectivity index (χ3n) is 2.70. The van der Waals surface area contributed by atoms with Gasteiger partial charge in [0.1, 0.15) is 12.0 Å². The predicted octanol–water partition coefficient (Wildman–Crippen LogP) is 0.269. The molecule has 116 valence electrons. The molecule has 1 amide bonds. The SMILES string of the molecule is COCCNc1ncnc(NNC(=O)c2cccnc2)c1N. The number of hydrazine groups is 1. The van der Waals surface area contributed by atoms with Gasteiger partial charge in [-0.25, -0.2) is 9.97 Å². The molecule has 0 aliphatic rings. The summed E-state index contributed by atoms with van der Waals surface area (Å²) in [5, 5.41) is 3.01. The number of nitrogens with one attached hydrogen (secondary N) is 3. The highest BCUT2D eigenvalue weighted by Gasteiger charge is 2.09. The normalized spacial score (nSPS) is 10.0. The monoisotopic (exact) mass is 303 g/mol. The molecule has 0 aliphatic heterocycles. The summed E-state index contributed by atoms with van der Waals surface area (Å²) in [6.07, 6.45) is 4.38. The van der Waals surface area contributed by atoms with Crippen LogP contribution in [-0.4, -0.2) is 41.1 Å². The summed E-state index contributed by atoms with van der Waals surface area (Å²) >= 11 is 0. The number of nitrogens with two attached hydrogens (primary N) is 1. The van der Waals surface area contributed by atoms with E-state index in [9.17, 15) is 4.79 Å². The molecule has 2 aromatic rings. The molecule has 0 aromatic carbocycles. The lowest BCUT2D eigenvalue weighted by Crippen LogP contribution is -2.30. The van der Waals surface area contributed by atoms with Gasteiger partial charge in [-0.05, 0) is 12.1 Å². The lowest BCUT2D eigenvalue weighted by Gasteiger charge is -2.12. The molecule has 0 saturated carbocycles. The van der Waals surface area contributed by atoms with Crippen molar-refractivity contribution in [3.8, 4) is 0 Å². The quantitative estimate of drug-likeness (QED) is 0.424. The fourth-order valence-electron chi connectivity index (χ4n) is 1.59. The molecule has 0 bridgehead atoms. The van der Waals surface area contributed by atoms with Crippen LogP contribution in [0.4, 0.5) is 17.3 Å². The number of carbonyl (C=O) groups excluding carboxylic acids is 1. The van der Waals surface area contributed by atoms with Gasteiger partial charge >= 0.3 is 0 Å². The number of hydrogen-bond donors (Lipinski definition) is 4. The molecule has 2 heterocycles. The van der Waals surface area contributed by atoms with Crippen molar-refractivity contribution >= 4 is 23.2 Å². The molecule has 0 aliphatic carbocycles. The third kappa shape index (κ3) is 4.03. The van der Waals surface area contributed by atoms with Gasteiger partial charge in [-0.1, -0.05) is 0 Å². The molecule has 0 atom stereocenters. The van der Waals surface area contributed by atoms with Gasteiger partial charge in [-0.15, -0.1) is 0 Å². The molecule has 0 fully saturated rings. The van der Waals surface area contributed by atoms with Crippen molar-refractivity contribution in [1.82, 2.24) is 20.4 Å². The Labute approximate surface area is 127 Å². The molecule has 2 aromatic heterocycles. The molecular formula is C13H17N7O2. The van der Waals surface area contributed by atoms with Crippen molar-refractivity contribution in [2.24, 2.45) is 0 Å². The van der Waals surface area contributed by atoms with Gasteiger partial charge in [0.25, 0.3) is 5.91 Å². The van der Waals surface area contributed by atoms with Crippen LogP contribution in [0.15, 0.2) is 30.9 Å². The van der Waals surface area contributed by atoms with Crippen LogP contribution in [0, 0.1) is 0 Å². The smallest absolute Gasteiger partial charge is 0.271 e. The maximum atomic E-state index is 11.9. The lowest BCUT2D eigenvalue weighted by atomic mass is 10.3. The first kappa shape index (κ1) is 15.4. The van der Waals surface area contributed by atoms with Gasteiger partial charge < -0.3 is 15.8 Å². The van der Waals surface area contributed by atoms with Gasteiger partial charge in [0.05, 0.1) is 12.2 Å². The Morgan fingerprint density at radius 2 is 2.18 bits per heavy atom. The summed E-state index contributed by atoms with van der Waals surface area (Å²) in [4.78, 5) is 23.8. The minimum Gasteiger partial charge on any atom is -0.393 e. The highest BCUT2D eigenvalue weighted by atomic mass is 16.5. The average molecular weight is 303 g/mol. The Bertz CT molecular complexity index is 621. The Balaban J connectivity index is 1.98. The average Bonchev–Trinajstić information content (AvgIpc) is 2.56. The first-order valence-corrected chi connectivity index (χ1v) is 6.52. The lowest BCUT2D eigenvalue weighted by molar-refractivity contribution is 0.0962. The van der Waals surface area contributed by atoms with Gasteiger partial charge in [0.2, 0.25) is 0 Å². The van der Waals surface area contributed by atoms with Crippen LogP contribution in [0.1, 0.15) is 10.4 Å². The van der Waals surface area contributed by atoms with Crippen molar-refractivity contribution in [1.29, 1.82) is 0 Å². The van der Waals surface area contributed by atoms with E-state index >= 15 is 0 Å². The van der Waals surface area contributed by atoms with E-state index in [1.54, 1.807) is 25.4 Å². The molecule has 0 radical (unpaired) electrons. The van der Waals surface area contributed by atoms with Crippen molar-refractivity contribution in [3.05, 3.63) is 36.4 Å². The molecule has 9 nitrogen and oxygen atoms in total. The summed E-state index contributed by atoms with van der Waals surface area (Å²) in [7, 11) is 1.60.